The summed E-state index contributed by atoms with van der Waals surface area (Å²) in [6.45, 7) is 1.96. The van der Waals surface area contributed by atoms with E-state index in [1.165, 1.54) is 6.20 Å². The van der Waals surface area contributed by atoms with Crippen LogP contribution < -0.4 is 11.1 Å². The van der Waals surface area contributed by atoms with Gasteiger partial charge in [-0.2, -0.15) is 0 Å². The number of hydrogen-bond acceptors (Lipinski definition) is 5. The van der Waals surface area contributed by atoms with Gasteiger partial charge in [0.15, 0.2) is 0 Å². The predicted molar refractivity (Wildman–Crippen MR) is 76.2 cm³/mol. The van der Waals surface area contributed by atoms with Crippen molar-refractivity contribution >= 4 is 28.2 Å². The van der Waals surface area contributed by atoms with Gasteiger partial charge in [0.05, 0.1) is 23.6 Å². The van der Waals surface area contributed by atoms with Gasteiger partial charge in [0, 0.05) is 11.1 Å². The molecule has 2 aromatic heterocycles. The lowest BCUT2D eigenvalue weighted by molar-refractivity contribution is 1.20. The number of nitrogens with two attached hydrogens (primary N) is 1. The SMILES string of the molecule is Cc1cc(Nc2cnc(N)cn2)c2ccccc2n1. The van der Waals surface area contributed by atoms with Gasteiger partial charge >= 0.3 is 0 Å². The first-order valence-corrected chi connectivity index (χ1v) is 5.93. The summed E-state index contributed by atoms with van der Waals surface area (Å²) < 4.78 is 0. The van der Waals surface area contributed by atoms with Crippen LogP contribution in [0.1, 0.15) is 5.69 Å². The zero-order valence-corrected chi connectivity index (χ0v) is 10.5. The van der Waals surface area contributed by atoms with Crippen molar-refractivity contribution in [3.8, 4) is 0 Å². The standard InChI is InChI=1S/C14H13N5/c1-9-6-12(10-4-2-3-5-11(10)18-9)19-14-8-16-13(15)7-17-14/h2-8H,1H3,(H2,15,16)(H,17,18,19). The third-order valence-corrected chi connectivity index (χ3v) is 2.78. The highest BCUT2D eigenvalue weighted by molar-refractivity contribution is 5.92. The van der Waals surface area contributed by atoms with Gasteiger partial charge in [0.1, 0.15) is 11.6 Å². The lowest BCUT2D eigenvalue weighted by Gasteiger charge is -2.09. The minimum absolute atomic E-state index is 0.404. The fourth-order valence-electron chi connectivity index (χ4n) is 1.95. The molecule has 0 amide bonds. The molecule has 5 heteroatoms. The number of nitrogen functional groups attached to an aromatic ring is 1. The minimum atomic E-state index is 0.404. The van der Waals surface area contributed by atoms with Crippen molar-refractivity contribution in [2.75, 3.05) is 11.1 Å². The number of hydrogen-bond donors (Lipinski definition) is 2. The maximum atomic E-state index is 5.52. The molecule has 0 bridgehead atoms. The highest BCUT2D eigenvalue weighted by Crippen LogP contribution is 2.25. The zero-order valence-electron chi connectivity index (χ0n) is 10.5. The van der Waals surface area contributed by atoms with E-state index >= 15 is 0 Å². The van der Waals surface area contributed by atoms with Gasteiger partial charge in [-0.3, -0.25) is 4.98 Å². The van der Waals surface area contributed by atoms with Crippen LogP contribution in [0.2, 0.25) is 0 Å². The lowest BCUT2D eigenvalue weighted by Crippen LogP contribution is -1.99. The van der Waals surface area contributed by atoms with Gasteiger partial charge in [-0.05, 0) is 19.1 Å². The third kappa shape index (κ3) is 2.30. The van der Waals surface area contributed by atoms with E-state index in [9.17, 15) is 0 Å². The molecular formula is C14H13N5. The maximum Gasteiger partial charge on any atom is 0.149 e. The first-order valence-electron chi connectivity index (χ1n) is 5.93. The van der Waals surface area contributed by atoms with E-state index in [0.29, 0.717) is 11.6 Å². The molecule has 2 heterocycles. The van der Waals surface area contributed by atoms with Crippen molar-refractivity contribution in [3.63, 3.8) is 0 Å². The molecule has 19 heavy (non-hydrogen) atoms. The van der Waals surface area contributed by atoms with Crippen molar-refractivity contribution in [2.24, 2.45) is 0 Å². The van der Waals surface area contributed by atoms with Crippen LogP contribution in [-0.2, 0) is 0 Å². The topological polar surface area (TPSA) is 76.7 Å². The van der Waals surface area contributed by atoms with Gasteiger partial charge in [-0.25, -0.2) is 9.97 Å². The van der Waals surface area contributed by atoms with Crippen LogP contribution in [0.5, 0.6) is 0 Å². The van der Waals surface area contributed by atoms with Crippen LogP contribution in [0, 0.1) is 6.92 Å². The van der Waals surface area contributed by atoms with E-state index in [-0.39, 0.29) is 0 Å². The maximum absolute atomic E-state index is 5.52. The molecule has 0 radical (unpaired) electrons. The number of aryl methyl sites for hydroxylation is 1. The Morgan fingerprint density at radius 2 is 1.95 bits per heavy atom. The molecule has 0 spiro atoms. The average molecular weight is 251 g/mol. The van der Waals surface area contributed by atoms with Gasteiger partial charge in [0.2, 0.25) is 0 Å². The monoisotopic (exact) mass is 251 g/mol. The number of rotatable bonds is 2. The quantitative estimate of drug-likeness (QED) is 0.732. The molecule has 0 unspecified atom stereocenters. The number of pyridine rings is 1. The fraction of sp³-hybridized carbons (Fsp3) is 0.0714. The van der Waals surface area contributed by atoms with E-state index in [1.807, 2.05) is 37.3 Å². The Kier molecular flexibility index (Phi) is 2.72. The lowest BCUT2D eigenvalue weighted by atomic mass is 10.1. The van der Waals surface area contributed by atoms with Gasteiger partial charge in [0.25, 0.3) is 0 Å². The highest BCUT2D eigenvalue weighted by Gasteiger charge is 2.04. The average Bonchev–Trinajstić information content (AvgIpc) is 2.41. The molecule has 3 aromatic rings. The molecule has 0 atom stereocenters. The van der Waals surface area contributed by atoms with Gasteiger partial charge in [-0.1, -0.05) is 18.2 Å². The second-order valence-corrected chi connectivity index (χ2v) is 4.28. The normalized spacial score (nSPS) is 10.6. The van der Waals surface area contributed by atoms with E-state index in [2.05, 4.69) is 20.3 Å². The smallest absolute Gasteiger partial charge is 0.149 e. The van der Waals surface area contributed by atoms with Crippen LogP contribution >= 0.6 is 0 Å². The predicted octanol–water partition coefficient (Wildman–Crippen LogP) is 2.66. The summed E-state index contributed by atoms with van der Waals surface area (Å²) >= 11 is 0. The molecule has 5 nitrogen and oxygen atoms in total. The van der Waals surface area contributed by atoms with E-state index < -0.39 is 0 Å². The first-order chi connectivity index (χ1) is 9.22. The van der Waals surface area contributed by atoms with Crippen molar-refractivity contribution in [1.82, 2.24) is 15.0 Å². The summed E-state index contributed by atoms with van der Waals surface area (Å²) in [6.07, 6.45) is 3.14. The third-order valence-electron chi connectivity index (χ3n) is 2.78. The van der Waals surface area contributed by atoms with Crippen LogP contribution in [0.15, 0.2) is 42.7 Å². The van der Waals surface area contributed by atoms with Crippen LogP contribution in [0.25, 0.3) is 10.9 Å². The van der Waals surface area contributed by atoms with E-state index in [1.54, 1.807) is 6.20 Å². The second-order valence-electron chi connectivity index (χ2n) is 4.28. The van der Waals surface area contributed by atoms with Crippen molar-refractivity contribution in [1.29, 1.82) is 0 Å². The number of benzene rings is 1. The second kappa shape index (κ2) is 4.53. The zero-order chi connectivity index (χ0) is 13.2. The Labute approximate surface area is 110 Å². The van der Waals surface area contributed by atoms with Crippen molar-refractivity contribution in [3.05, 3.63) is 48.4 Å². The van der Waals surface area contributed by atoms with Gasteiger partial charge in [-0.15, -0.1) is 0 Å². The van der Waals surface area contributed by atoms with Crippen molar-refractivity contribution < 1.29 is 0 Å². The summed E-state index contributed by atoms with van der Waals surface area (Å²) in [5, 5.41) is 4.29. The van der Waals surface area contributed by atoms with Crippen LogP contribution in [0.3, 0.4) is 0 Å². The Hall–Kier alpha value is -2.69. The molecule has 0 aliphatic carbocycles. The van der Waals surface area contributed by atoms with Crippen molar-refractivity contribution in [2.45, 2.75) is 6.92 Å². The molecule has 0 saturated carbocycles. The molecule has 3 N–H and O–H groups in total. The molecule has 0 saturated heterocycles. The summed E-state index contributed by atoms with van der Waals surface area (Å²) in [5.74, 6) is 1.06. The Balaban J connectivity index is 2.07. The van der Waals surface area contributed by atoms with Gasteiger partial charge < -0.3 is 11.1 Å². The fourth-order valence-corrected chi connectivity index (χ4v) is 1.95. The number of anilines is 3. The summed E-state index contributed by atoms with van der Waals surface area (Å²) in [7, 11) is 0. The Morgan fingerprint density at radius 3 is 2.74 bits per heavy atom. The van der Waals surface area contributed by atoms with Crippen LogP contribution in [0.4, 0.5) is 17.3 Å². The summed E-state index contributed by atoms with van der Waals surface area (Å²) in [4.78, 5) is 12.7. The number of para-hydroxylation sites is 1. The Morgan fingerprint density at radius 1 is 1.11 bits per heavy atom. The van der Waals surface area contributed by atoms with E-state index in [4.69, 9.17) is 5.73 Å². The molecule has 94 valence electrons. The number of nitrogens with one attached hydrogen (secondary N) is 1. The first kappa shape index (κ1) is 11.4. The molecular weight excluding hydrogens is 238 g/mol. The molecule has 1 aromatic carbocycles. The largest absolute Gasteiger partial charge is 0.382 e. The number of fused-ring (bicyclic) bond motifs is 1. The molecule has 3 rings (SSSR count). The number of nitrogens with zero attached hydrogens (tertiary/aromatic N) is 3. The highest BCUT2D eigenvalue weighted by atomic mass is 15.0. The summed E-state index contributed by atoms with van der Waals surface area (Å²) in [5.41, 5.74) is 8.38. The van der Waals surface area contributed by atoms with E-state index in [0.717, 1.165) is 22.3 Å². The van der Waals surface area contributed by atoms with Crippen LogP contribution in [-0.4, -0.2) is 15.0 Å². The molecule has 0 fully saturated rings. The summed E-state index contributed by atoms with van der Waals surface area (Å²) in [6, 6.07) is 9.96. The Bertz CT molecular complexity index is 721. The minimum Gasteiger partial charge on any atom is -0.382 e. The molecule has 0 aliphatic heterocycles. The molecule has 0 aliphatic rings. The number of aromatic nitrogens is 3.